The van der Waals surface area contributed by atoms with Gasteiger partial charge in [-0.25, -0.2) is 0 Å². The topological polar surface area (TPSA) is 35.2 Å². The second-order valence-electron chi connectivity index (χ2n) is 4.78. The van der Waals surface area contributed by atoms with Crippen LogP contribution in [-0.4, -0.2) is 7.11 Å². The van der Waals surface area contributed by atoms with Gasteiger partial charge < -0.3 is 10.5 Å². The molecule has 2 nitrogen and oxygen atoms in total. The highest BCUT2D eigenvalue weighted by atomic mass is 79.9. The highest BCUT2D eigenvalue weighted by molar-refractivity contribution is 9.10. The van der Waals surface area contributed by atoms with E-state index in [0.717, 1.165) is 21.3 Å². The second-order valence-corrected chi connectivity index (χ2v) is 5.70. The highest BCUT2D eigenvalue weighted by Crippen LogP contribution is 2.31. The first-order valence-corrected chi connectivity index (χ1v) is 6.98. The van der Waals surface area contributed by atoms with Crippen molar-refractivity contribution in [3.63, 3.8) is 0 Å². The third-order valence-corrected chi connectivity index (χ3v) is 3.63. The minimum atomic E-state index is -0.179. The fraction of sp³-hybridized carbons (Fsp3) is 0.250. The van der Waals surface area contributed by atoms with Crippen LogP contribution in [0.25, 0.3) is 0 Å². The third kappa shape index (κ3) is 3.17. The molecule has 0 aliphatic carbocycles. The van der Waals surface area contributed by atoms with Crippen molar-refractivity contribution in [1.29, 1.82) is 0 Å². The summed E-state index contributed by atoms with van der Waals surface area (Å²) in [6, 6.07) is 12.2. The normalized spacial score (nSPS) is 12.3. The number of methoxy groups -OCH3 is 1. The number of ether oxygens (including phenoxy) is 1. The maximum absolute atomic E-state index is 6.39. The molecule has 0 saturated heterocycles. The van der Waals surface area contributed by atoms with Crippen molar-refractivity contribution in [2.24, 2.45) is 5.73 Å². The molecule has 0 amide bonds. The van der Waals surface area contributed by atoms with E-state index in [1.165, 1.54) is 11.1 Å². The molecule has 0 aromatic heterocycles. The average molecular weight is 320 g/mol. The summed E-state index contributed by atoms with van der Waals surface area (Å²) in [6.07, 6.45) is 0. The van der Waals surface area contributed by atoms with Gasteiger partial charge in [0.15, 0.2) is 0 Å². The summed E-state index contributed by atoms with van der Waals surface area (Å²) in [5, 5.41) is 0. The lowest BCUT2D eigenvalue weighted by Crippen LogP contribution is -2.13. The molecule has 2 aromatic carbocycles. The summed E-state index contributed by atoms with van der Waals surface area (Å²) in [4.78, 5) is 0. The van der Waals surface area contributed by atoms with Gasteiger partial charge in [0.05, 0.1) is 13.2 Å². The lowest BCUT2D eigenvalue weighted by Gasteiger charge is -2.17. The van der Waals surface area contributed by atoms with Gasteiger partial charge in [-0.1, -0.05) is 51.3 Å². The van der Waals surface area contributed by atoms with E-state index in [1.807, 2.05) is 18.2 Å². The van der Waals surface area contributed by atoms with E-state index in [-0.39, 0.29) is 6.04 Å². The van der Waals surface area contributed by atoms with E-state index >= 15 is 0 Å². The van der Waals surface area contributed by atoms with Crippen LogP contribution < -0.4 is 10.5 Å². The molecule has 0 heterocycles. The molecule has 2 aromatic rings. The Labute approximate surface area is 122 Å². The summed E-state index contributed by atoms with van der Waals surface area (Å²) in [5.74, 6) is 0.807. The predicted molar refractivity (Wildman–Crippen MR) is 82.6 cm³/mol. The van der Waals surface area contributed by atoms with Gasteiger partial charge in [-0.15, -0.1) is 0 Å². The molecule has 0 saturated carbocycles. The lowest BCUT2D eigenvalue weighted by atomic mass is 9.96. The maximum atomic E-state index is 6.39. The number of benzene rings is 2. The summed E-state index contributed by atoms with van der Waals surface area (Å²) in [7, 11) is 1.67. The van der Waals surface area contributed by atoms with Crippen molar-refractivity contribution in [3.8, 4) is 5.75 Å². The van der Waals surface area contributed by atoms with Crippen molar-refractivity contribution in [2.45, 2.75) is 19.9 Å². The molecule has 1 atom stereocenters. The molecule has 0 aliphatic rings. The van der Waals surface area contributed by atoms with Crippen LogP contribution in [0, 0.1) is 13.8 Å². The third-order valence-electron chi connectivity index (χ3n) is 3.13. The predicted octanol–water partition coefficient (Wildman–Crippen LogP) is 4.12. The van der Waals surface area contributed by atoms with Gasteiger partial charge in [-0.2, -0.15) is 0 Å². The molecular formula is C16H18BrNO. The molecule has 0 radical (unpaired) electrons. The fourth-order valence-electron chi connectivity index (χ4n) is 2.31. The van der Waals surface area contributed by atoms with Gasteiger partial charge in [0.1, 0.15) is 5.75 Å². The van der Waals surface area contributed by atoms with Crippen LogP contribution in [0.4, 0.5) is 0 Å². The molecule has 0 fully saturated rings. The Balaban J connectivity index is 2.46. The molecule has 3 heteroatoms. The van der Waals surface area contributed by atoms with Gasteiger partial charge in [0.25, 0.3) is 0 Å². The molecule has 0 spiro atoms. The molecule has 2 N–H and O–H groups in total. The molecule has 100 valence electrons. The SMILES string of the molecule is COc1cc(Br)ccc1C(N)c1cc(C)cc(C)c1. The minimum absolute atomic E-state index is 0.179. The number of hydrogen-bond donors (Lipinski definition) is 1. The van der Waals surface area contributed by atoms with Crippen LogP contribution in [0.1, 0.15) is 28.3 Å². The molecule has 2 rings (SSSR count). The number of rotatable bonds is 3. The van der Waals surface area contributed by atoms with E-state index in [0.29, 0.717) is 0 Å². The van der Waals surface area contributed by atoms with Gasteiger partial charge in [0, 0.05) is 10.0 Å². The van der Waals surface area contributed by atoms with Crippen LogP contribution in [0.3, 0.4) is 0 Å². The molecule has 19 heavy (non-hydrogen) atoms. The summed E-state index contributed by atoms with van der Waals surface area (Å²) in [5.41, 5.74) is 10.9. The van der Waals surface area contributed by atoms with Crippen molar-refractivity contribution in [1.82, 2.24) is 0 Å². The lowest BCUT2D eigenvalue weighted by molar-refractivity contribution is 0.407. The Kier molecular flexibility index (Phi) is 4.27. The number of aryl methyl sites for hydroxylation is 2. The van der Waals surface area contributed by atoms with Crippen molar-refractivity contribution >= 4 is 15.9 Å². The first kappa shape index (κ1) is 14.1. The van der Waals surface area contributed by atoms with Crippen molar-refractivity contribution in [3.05, 3.63) is 63.1 Å². The fourth-order valence-corrected chi connectivity index (χ4v) is 2.65. The average Bonchev–Trinajstić information content (AvgIpc) is 2.36. The van der Waals surface area contributed by atoms with Crippen molar-refractivity contribution < 1.29 is 4.74 Å². The summed E-state index contributed by atoms with van der Waals surface area (Å²) in [6.45, 7) is 4.17. The van der Waals surface area contributed by atoms with Crippen molar-refractivity contribution in [2.75, 3.05) is 7.11 Å². The zero-order chi connectivity index (χ0) is 14.0. The van der Waals surface area contributed by atoms with Crippen LogP contribution in [-0.2, 0) is 0 Å². The first-order chi connectivity index (χ1) is 9.01. The summed E-state index contributed by atoms with van der Waals surface area (Å²) < 4.78 is 6.41. The van der Waals surface area contributed by atoms with E-state index in [9.17, 15) is 0 Å². The Hall–Kier alpha value is -1.32. The van der Waals surface area contributed by atoms with Crippen LogP contribution in [0.15, 0.2) is 40.9 Å². The van der Waals surface area contributed by atoms with E-state index < -0.39 is 0 Å². The van der Waals surface area contributed by atoms with Crippen LogP contribution >= 0.6 is 15.9 Å². The molecule has 1 unspecified atom stereocenters. The maximum Gasteiger partial charge on any atom is 0.125 e. The van der Waals surface area contributed by atoms with Crippen LogP contribution in [0.5, 0.6) is 5.75 Å². The van der Waals surface area contributed by atoms with E-state index in [1.54, 1.807) is 7.11 Å². The van der Waals surface area contributed by atoms with Gasteiger partial charge in [-0.3, -0.25) is 0 Å². The molecule has 0 aliphatic heterocycles. The molecular weight excluding hydrogens is 302 g/mol. The monoisotopic (exact) mass is 319 g/mol. The standard InChI is InChI=1S/C16H18BrNO/c1-10-6-11(2)8-12(7-10)16(18)14-5-4-13(17)9-15(14)19-3/h4-9,16H,18H2,1-3H3. The number of hydrogen-bond acceptors (Lipinski definition) is 2. The number of halogens is 1. The smallest absolute Gasteiger partial charge is 0.125 e. The Morgan fingerprint density at radius 1 is 1.05 bits per heavy atom. The second kappa shape index (κ2) is 5.76. The largest absolute Gasteiger partial charge is 0.496 e. The van der Waals surface area contributed by atoms with Gasteiger partial charge in [0.2, 0.25) is 0 Å². The first-order valence-electron chi connectivity index (χ1n) is 6.18. The van der Waals surface area contributed by atoms with E-state index in [4.69, 9.17) is 10.5 Å². The Morgan fingerprint density at radius 2 is 1.68 bits per heavy atom. The zero-order valence-corrected chi connectivity index (χ0v) is 13.0. The molecule has 0 bridgehead atoms. The minimum Gasteiger partial charge on any atom is -0.496 e. The van der Waals surface area contributed by atoms with Crippen LogP contribution in [0.2, 0.25) is 0 Å². The van der Waals surface area contributed by atoms with E-state index in [2.05, 4.69) is 48.0 Å². The highest BCUT2D eigenvalue weighted by Gasteiger charge is 2.14. The quantitative estimate of drug-likeness (QED) is 0.923. The number of nitrogens with two attached hydrogens (primary N) is 1. The Morgan fingerprint density at radius 3 is 2.26 bits per heavy atom. The Bertz CT molecular complexity index is 575. The van der Waals surface area contributed by atoms with Gasteiger partial charge in [-0.05, 0) is 31.5 Å². The zero-order valence-electron chi connectivity index (χ0n) is 11.4. The summed E-state index contributed by atoms with van der Waals surface area (Å²) >= 11 is 3.44. The van der Waals surface area contributed by atoms with Gasteiger partial charge >= 0.3 is 0 Å².